The average molecular weight is 288 g/mol. The zero-order valence-electron chi connectivity index (χ0n) is 11.0. The van der Waals surface area contributed by atoms with Gasteiger partial charge in [0.25, 0.3) is 0 Å². The van der Waals surface area contributed by atoms with Crippen LogP contribution >= 0.6 is 11.8 Å². The third kappa shape index (κ3) is 1.96. The molecule has 0 aliphatic carbocycles. The molecule has 1 aliphatic heterocycles. The van der Waals surface area contributed by atoms with Crippen LogP contribution in [0.3, 0.4) is 0 Å². The zero-order chi connectivity index (χ0) is 14.1. The summed E-state index contributed by atoms with van der Waals surface area (Å²) in [5.74, 6) is 0.377. The number of para-hydroxylation sites is 1. The largest absolute Gasteiger partial charge is 0.321 e. The molecular weight excluding hydrogens is 275 g/mol. The summed E-state index contributed by atoms with van der Waals surface area (Å²) >= 11 is 1.47. The summed E-state index contributed by atoms with van der Waals surface area (Å²) < 4.78 is 14.1. The highest BCUT2D eigenvalue weighted by molar-refractivity contribution is 7.98. The van der Waals surface area contributed by atoms with E-state index in [0.29, 0.717) is 23.7 Å². The van der Waals surface area contributed by atoms with Gasteiger partial charge in [-0.3, -0.25) is 4.99 Å². The van der Waals surface area contributed by atoms with E-state index >= 15 is 0 Å². The van der Waals surface area contributed by atoms with Crippen LogP contribution in [0.25, 0.3) is 0 Å². The van der Waals surface area contributed by atoms with Crippen LogP contribution in [0, 0.1) is 5.82 Å². The molecule has 0 radical (unpaired) electrons. The molecule has 1 aliphatic rings. The van der Waals surface area contributed by atoms with E-state index in [0.717, 1.165) is 17.0 Å². The molecule has 3 rings (SSSR count). The lowest BCUT2D eigenvalue weighted by atomic mass is 10.1. The normalized spacial score (nSPS) is 13.4. The van der Waals surface area contributed by atoms with Crippen molar-refractivity contribution in [1.82, 2.24) is 9.97 Å². The van der Waals surface area contributed by atoms with Gasteiger partial charge in [0.15, 0.2) is 5.82 Å². The first-order valence-electron chi connectivity index (χ1n) is 6.17. The molecule has 0 spiro atoms. The molecule has 1 aromatic carbocycles. The van der Waals surface area contributed by atoms with Gasteiger partial charge in [-0.25, -0.2) is 14.4 Å². The van der Waals surface area contributed by atoms with E-state index in [1.165, 1.54) is 24.2 Å². The van der Waals surface area contributed by atoms with Crippen molar-refractivity contribution in [3.63, 3.8) is 0 Å². The number of thioether (sulfide) groups is 1. The van der Waals surface area contributed by atoms with E-state index in [2.05, 4.69) is 21.7 Å². The van der Waals surface area contributed by atoms with Crippen molar-refractivity contribution in [2.24, 2.45) is 4.99 Å². The molecule has 0 fully saturated rings. The summed E-state index contributed by atoms with van der Waals surface area (Å²) in [6.45, 7) is 4.27. The number of rotatable bonds is 3. The average Bonchev–Trinajstić information content (AvgIpc) is 2.91. The van der Waals surface area contributed by atoms with E-state index in [9.17, 15) is 4.39 Å². The van der Waals surface area contributed by atoms with Crippen LogP contribution in [-0.2, 0) is 6.42 Å². The van der Waals surface area contributed by atoms with Crippen molar-refractivity contribution in [2.45, 2.75) is 11.4 Å². The molecule has 6 heteroatoms. The second-order valence-corrected chi connectivity index (χ2v) is 5.16. The zero-order valence-corrected chi connectivity index (χ0v) is 11.8. The molecule has 0 unspecified atom stereocenters. The van der Waals surface area contributed by atoms with Crippen molar-refractivity contribution in [2.75, 3.05) is 17.7 Å². The van der Waals surface area contributed by atoms with Gasteiger partial charge in [-0.05, 0) is 31.0 Å². The Balaban J connectivity index is 2.16. The lowest BCUT2D eigenvalue weighted by molar-refractivity contribution is 0.627. The summed E-state index contributed by atoms with van der Waals surface area (Å²) in [4.78, 5) is 14.3. The van der Waals surface area contributed by atoms with Gasteiger partial charge in [0.2, 0.25) is 0 Å². The summed E-state index contributed by atoms with van der Waals surface area (Å²) in [6, 6.07) is 5.14. The number of aliphatic imine (C=N–C) groups is 1. The van der Waals surface area contributed by atoms with Crippen LogP contribution in [0.15, 0.2) is 34.5 Å². The maximum atomic E-state index is 14.1. The lowest BCUT2D eigenvalue weighted by Gasteiger charge is -2.20. The fourth-order valence-electron chi connectivity index (χ4n) is 2.46. The number of anilines is 2. The summed E-state index contributed by atoms with van der Waals surface area (Å²) in [7, 11) is 0. The third-order valence-electron chi connectivity index (χ3n) is 3.32. The minimum Gasteiger partial charge on any atom is -0.321 e. The fourth-order valence-corrected chi connectivity index (χ4v) is 2.96. The molecule has 2 heterocycles. The number of hydrogen-bond donors (Lipinski definition) is 0. The predicted octanol–water partition coefficient (Wildman–Crippen LogP) is 3.36. The molecule has 102 valence electrons. The predicted molar refractivity (Wildman–Crippen MR) is 80.1 cm³/mol. The van der Waals surface area contributed by atoms with Gasteiger partial charge >= 0.3 is 0 Å². The second kappa shape index (κ2) is 5.20. The smallest absolute Gasteiger partial charge is 0.163 e. The summed E-state index contributed by atoms with van der Waals surface area (Å²) in [5, 5.41) is 0.745. The van der Waals surface area contributed by atoms with Gasteiger partial charge < -0.3 is 4.90 Å². The molecule has 0 saturated carbocycles. The molecule has 2 aromatic rings. The maximum Gasteiger partial charge on any atom is 0.163 e. The Kier molecular flexibility index (Phi) is 3.40. The van der Waals surface area contributed by atoms with Crippen LogP contribution in [0.4, 0.5) is 21.6 Å². The molecule has 20 heavy (non-hydrogen) atoms. The molecular formula is C14H13FN4S. The van der Waals surface area contributed by atoms with Crippen LogP contribution in [0.1, 0.15) is 5.56 Å². The standard InChI is InChI=1S/C14H13FN4S/c1-16-11-13(17-8-18-14(11)20-2)19-7-6-9-4-3-5-10(15)12(9)19/h3-5,8H,1,6-7H2,2H3. The Morgan fingerprint density at radius 1 is 1.40 bits per heavy atom. The Morgan fingerprint density at radius 3 is 3.00 bits per heavy atom. The molecule has 0 atom stereocenters. The molecule has 0 N–H and O–H groups in total. The van der Waals surface area contributed by atoms with E-state index in [4.69, 9.17) is 0 Å². The maximum absolute atomic E-state index is 14.1. The Bertz CT molecular complexity index is 674. The minimum absolute atomic E-state index is 0.237. The summed E-state index contributed by atoms with van der Waals surface area (Å²) in [5.41, 5.74) is 2.18. The van der Waals surface area contributed by atoms with E-state index in [1.54, 1.807) is 6.07 Å². The van der Waals surface area contributed by atoms with Crippen molar-refractivity contribution < 1.29 is 4.39 Å². The topological polar surface area (TPSA) is 41.4 Å². The monoisotopic (exact) mass is 288 g/mol. The van der Waals surface area contributed by atoms with Gasteiger partial charge in [0.1, 0.15) is 22.9 Å². The second-order valence-electron chi connectivity index (χ2n) is 4.36. The van der Waals surface area contributed by atoms with Crippen LogP contribution in [-0.4, -0.2) is 29.5 Å². The number of benzene rings is 1. The number of nitrogens with zero attached hydrogens (tertiary/aromatic N) is 4. The van der Waals surface area contributed by atoms with E-state index < -0.39 is 0 Å². The quantitative estimate of drug-likeness (QED) is 0.493. The molecule has 0 saturated heterocycles. The SMILES string of the molecule is C=Nc1c(SC)ncnc1N1CCc2cccc(F)c21. The number of aromatic nitrogens is 2. The number of fused-ring (bicyclic) bond motifs is 1. The van der Waals surface area contributed by atoms with Gasteiger partial charge in [0, 0.05) is 6.54 Å². The van der Waals surface area contributed by atoms with Gasteiger partial charge in [0.05, 0.1) is 5.69 Å². The van der Waals surface area contributed by atoms with Gasteiger partial charge in [-0.2, -0.15) is 0 Å². The van der Waals surface area contributed by atoms with E-state index in [1.807, 2.05) is 17.2 Å². The van der Waals surface area contributed by atoms with Crippen LogP contribution in [0.5, 0.6) is 0 Å². The molecule has 4 nitrogen and oxygen atoms in total. The van der Waals surface area contributed by atoms with Gasteiger partial charge in [-0.15, -0.1) is 11.8 Å². The number of halogens is 1. The first-order chi connectivity index (χ1) is 9.76. The molecule has 1 aromatic heterocycles. The number of hydrogen-bond acceptors (Lipinski definition) is 5. The lowest BCUT2D eigenvalue weighted by Crippen LogP contribution is -2.16. The third-order valence-corrected chi connectivity index (χ3v) is 4.01. The highest BCUT2D eigenvalue weighted by atomic mass is 32.2. The molecule has 0 bridgehead atoms. The molecule has 0 amide bonds. The van der Waals surface area contributed by atoms with Crippen LogP contribution in [0.2, 0.25) is 0 Å². The first kappa shape index (κ1) is 13.1. The highest BCUT2D eigenvalue weighted by Crippen LogP contribution is 2.41. The van der Waals surface area contributed by atoms with Gasteiger partial charge in [-0.1, -0.05) is 12.1 Å². The van der Waals surface area contributed by atoms with Crippen molar-refractivity contribution in [1.29, 1.82) is 0 Å². The van der Waals surface area contributed by atoms with Crippen LogP contribution < -0.4 is 4.90 Å². The minimum atomic E-state index is -0.237. The van der Waals surface area contributed by atoms with Crippen molar-refractivity contribution in [3.8, 4) is 0 Å². The van der Waals surface area contributed by atoms with Crippen molar-refractivity contribution >= 4 is 35.7 Å². The Labute approximate surface area is 120 Å². The van der Waals surface area contributed by atoms with Crippen molar-refractivity contribution in [3.05, 3.63) is 35.9 Å². The Morgan fingerprint density at radius 2 is 2.25 bits per heavy atom. The fraction of sp³-hybridized carbons (Fsp3) is 0.214. The van der Waals surface area contributed by atoms with E-state index in [-0.39, 0.29) is 5.82 Å². The Hall–Kier alpha value is -1.95. The summed E-state index contributed by atoms with van der Waals surface area (Å²) in [6.07, 6.45) is 4.19. The first-order valence-corrected chi connectivity index (χ1v) is 7.39. The highest BCUT2D eigenvalue weighted by Gasteiger charge is 2.27.